The van der Waals surface area contributed by atoms with Gasteiger partial charge in [-0.2, -0.15) is 0 Å². The maximum absolute atomic E-state index is 11.2. The fourth-order valence-electron chi connectivity index (χ4n) is 1.72. The molecule has 68 valence electrons. The Balaban J connectivity index is 2.33. The van der Waals surface area contributed by atoms with Gasteiger partial charge in [0.1, 0.15) is 5.78 Å². The van der Waals surface area contributed by atoms with Gasteiger partial charge in [-0.05, 0) is 19.4 Å². The average molecular weight is 232 g/mol. The Bertz CT molecular complexity index is 165. The highest BCUT2D eigenvalue weighted by Crippen LogP contribution is 2.17. The molecule has 0 unspecified atom stereocenters. The second-order valence-corrected chi connectivity index (χ2v) is 4.07. The van der Waals surface area contributed by atoms with Gasteiger partial charge in [0.15, 0.2) is 7.98 Å². The van der Waals surface area contributed by atoms with Gasteiger partial charge in [-0.3, -0.25) is 4.79 Å². The number of carbonyl (C=O) groups excluding carboxylic acids is 1. The first-order chi connectivity index (χ1) is 5.74. The summed E-state index contributed by atoms with van der Waals surface area (Å²) in [6.07, 6.45) is 4.48. The molecular formula is C8H15BBrNO. The number of piperidine rings is 1. The van der Waals surface area contributed by atoms with Gasteiger partial charge in [0, 0.05) is 12.5 Å². The van der Waals surface area contributed by atoms with Gasteiger partial charge in [-0.25, -0.2) is 0 Å². The molecule has 0 bridgehead atoms. The first-order valence-electron chi connectivity index (χ1n) is 4.52. The molecule has 1 fully saturated rings. The number of Topliss-reactive ketones (excluding diaryl/α,β-unsaturated/α-hetero) is 1. The molecule has 1 saturated heterocycles. The summed E-state index contributed by atoms with van der Waals surface area (Å²) in [4.78, 5) is 13.5. The standard InChI is InChI=1S/C8H15BBrNO/c9-11-4-2-1-3-7(11)5-8(12)6-10/h7H,1-6,9H2/t7-/m0/s1. The molecule has 0 N–H and O–H groups in total. The van der Waals surface area contributed by atoms with Crippen molar-refractivity contribution in [3.8, 4) is 0 Å². The molecule has 1 aliphatic rings. The summed E-state index contributed by atoms with van der Waals surface area (Å²) >= 11 is 3.19. The topological polar surface area (TPSA) is 20.3 Å². The highest BCUT2D eigenvalue weighted by atomic mass is 79.9. The summed E-state index contributed by atoms with van der Waals surface area (Å²) < 4.78 is 0. The van der Waals surface area contributed by atoms with Crippen LogP contribution in [0.15, 0.2) is 0 Å². The predicted molar refractivity (Wildman–Crippen MR) is 56.3 cm³/mol. The van der Waals surface area contributed by atoms with Crippen LogP contribution in [0.25, 0.3) is 0 Å². The minimum absolute atomic E-state index is 0.328. The van der Waals surface area contributed by atoms with Crippen molar-refractivity contribution in [2.24, 2.45) is 0 Å². The lowest BCUT2D eigenvalue weighted by Crippen LogP contribution is -2.38. The zero-order valence-corrected chi connectivity index (χ0v) is 9.14. The van der Waals surface area contributed by atoms with Crippen molar-refractivity contribution in [1.29, 1.82) is 0 Å². The van der Waals surface area contributed by atoms with Crippen LogP contribution in [0, 0.1) is 0 Å². The van der Waals surface area contributed by atoms with E-state index in [9.17, 15) is 4.79 Å². The molecule has 12 heavy (non-hydrogen) atoms. The Morgan fingerprint density at radius 1 is 1.58 bits per heavy atom. The minimum Gasteiger partial charge on any atom is -0.346 e. The number of ketones is 1. The molecule has 1 rings (SSSR count). The van der Waals surface area contributed by atoms with Crippen molar-refractivity contribution in [2.45, 2.75) is 31.7 Å². The van der Waals surface area contributed by atoms with E-state index in [1.807, 2.05) is 0 Å². The summed E-state index contributed by atoms with van der Waals surface area (Å²) in [7, 11) is 2.12. The van der Waals surface area contributed by atoms with E-state index in [1.165, 1.54) is 19.3 Å². The molecule has 0 radical (unpaired) electrons. The van der Waals surface area contributed by atoms with Crippen LogP contribution in [-0.2, 0) is 4.79 Å². The van der Waals surface area contributed by atoms with Crippen LogP contribution in [-0.4, -0.2) is 36.5 Å². The summed E-state index contributed by atoms with van der Waals surface area (Å²) in [5.41, 5.74) is 0. The number of halogens is 1. The van der Waals surface area contributed by atoms with Crippen LogP contribution < -0.4 is 0 Å². The highest BCUT2D eigenvalue weighted by Gasteiger charge is 2.20. The molecule has 0 spiro atoms. The van der Waals surface area contributed by atoms with Gasteiger partial charge < -0.3 is 4.81 Å². The van der Waals surface area contributed by atoms with Crippen molar-refractivity contribution < 1.29 is 4.79 Å². The summed E-state index contributed by atoms with van der Waals surface area (Å²) in [6.45, 7) is 1.15. The third-order valence-electron chi connectivity index (χ3n) is 2.53. The van der Waals surface area contributed by atoms with Gasteiger partial charge in [0.2, 0.25) is 0 Å². The quantitative estimate of drug-likeness (QED) is 0.528. The lowest BCUT2D eigenvalue weighted by atomic mass is 9.95. The summed E-state index contributed by atoms with van der Waals surface area (Å²) in [6, 6.07) is 0.504. The van der Waals surface area contributed by atoms with Gasteiger partial charge in [-0.1, -0.05) is 22.4 Å². The van der Waals surface area contributed by atoms with Crippen LogP contribution in [0.3, 0.4) is 0 Å². The summed E-state index contributed by atoms with van der Waals surface area (Å²) in [5.74, 6) is 0.328. The molecule has 1 heterocycles. The molecule has 0 amide bonds. The maximum Gasteiger partial charge on any atom is 0.185 e. The van der Waals surface area contributed by atoms with E-state index in [0.29, 0.717) is 17.2 Å². The minimum atomic E-state index is 0.328. The Morgan fingerprint density at radius 3 is 2.92 bits per heavy atom. The van der Waals surface area contributed by atoms with Crippen LogP contribution in [0.5, 0.6) is 0 Å². The van der Waals surface area contributed by atoms with E-state index in [4.69, 9.17) is 0 Å². The number of carbonyl (C=O) groups is 1. The van der Waals surface area contributed by atoms with Crippen molar-refractivity contribution >= 4 is 29.7 Å². The maximum atomic E-state index is 11.2. The smallest absolute Gasteiger partial charge is 0.185 e. The first-order valence-corrected chi connectivity index (χ1v) is 5.64. The molecule has 0 aliphatic carbocycles. The molecule has 1 aliphatic heterocycles. The fraction of sp³-hybridized carbons (Fsp3) is 0.875. The molecule has 4 heteroatoms. The van der Waals surface area contributed by atoms with Gasteiger partial charge >= 0.3 is 0 Å². The lowest BCUT2D eigenvalue weighted by Gasteiger charge is -2.32. The van der Waals surface area contributed by atoms with E-state index in [1.54, 1.807) is 0 Å². The number of nitrogens with zero attached hydrogens (tertiary/aromatic N) is 1. The zero-order chi connectivity index (χ0) is 8.97. The van der Waals surface area contributed by atoms with Crippen molar-refractivity contribution in [2.75, 3.05) is 11.9 Å². The first kappa shape index (κ1) is 10.3. The van der Waals surface area contributed by atoms with E-state index in [2.05, 4.69) is 28.7 Å². The molecule has 1 atom stereocenters. The normalized spacial score (nSPS) is 25.6. The SMILES string of the molecule is BN1CCCC[C@H]1CC(=O)CBr. The van der Waals surface area contributed by atoms with Gasteiger partial charge in [-0.15, -0.1) is 0 Å². The molecular weight excluding hydrogens is 217 g/mol. The number of alkyl halides is 1. The fourth-order valence-corrected chi connectivity index (χ4v) is 1.95. The van der Waals surface area contributed by atoms with Crippen molar-refractivity contribution in [3.63, 3.8) is 0 Å². The zero-order valence-electron chi connectivity index (χ0n) is 7.55. The lowest BCUT2D eigenvalue weighted by molar-refractivity contribution is -0.117. The Hall–Kier alpha value is 0.175. The van der Waals surface area contributed by atoms with Crippen LogP contribution >= 0.6 is 15.9 Å². The largest absolute Gasteiger partial charge is 0.346 e. The van der Waals surface area contributed by atoms with E-state index >= 15 is 0 Å². The number of rotatable bonds is 3. The van der Waals surface area contributed by atoms with Gasteiger partial charge in [0.25, 0.3) is 0 Å². The Morgan fingerprint density at radius 2 is 2.33 bits per heavy atom. The third kappa shape index (κ3) is 2.90. The molecule has 0 aromatic carbocycles. The number of hydrogen-bond acceptors (Lipinski definition) is 2. The molecule has 0 aromatic heterocycles. The van der Waals surface area contributed by atoms with Crippen LogP contribution in [0.2, 0.25) is 0 Å². The average Bonchev–Trinajstić information content (AvgIpc) is 2.09. The van der Waals surface area contributed by atoms with E-state index < -0.39 is 0 Å². The highest BCUT2D eigenvalue weighted by molar-refractivity contribution is 9.09. The van der Waals surface area contributed by atoms with Crippen molar-refractivity contribution in [1.82, 2.24) is 4.81 Å². The monoisotopic (exact) mass is 231 g/mol. The Kier molecular flexibility index (Phi) is 4.29. The number of hydrogen-bond donors (Lipinski definition) is 0. The second kappa shape index (κ2) is 5.02. The molecule has 0 saturated carbocycles. The van der Waals surface area contributed by atoms with E-state index in [0.717, 1.165) is 13.0 Å². The molecule has 0 aromatic rings. The van der Waals surface area contributed by atoms with E-state index in [-0.39, 0.29) is 0 Å². The van der Waals surface area contributed by atoms with Crippen LogP contribution in [0.1, 0.15) is 25.7 Å². The predicted octanol–water partition coefficient (Wildman–Crippen LogP) is 0.743. The Labute approximate surface area is 83.3 Å². The van der Waals surface area contributed by atoms with Crippen LogP contribution in [0.4, 0.5) is 0 Å². The summed E-state index contributed by atoms with van der Waals surface area (Å²) in [5, 5.41) is 0.511. The van der Waals surface area contributed by atoms with Gasteiger partial charge in [0.05, 0.1) is 5.33 Å². The molecule has 2 nitrogen and oxygen atoms in total. The second-order valence-electron chi connectivity index (χ2n) is 3.51. The third-order valence-corrected chi connectivity index (χ3v) is 3.16. The van der Waals surface area contributed by atoms with Crippen molar-refractivity contribution in [3.05, 3.63) is 0 Å².